The Kier molecular flexibility index (Phi) is 5.59. The van der Waals surface area contributed by atoms with E-state index in [9.17, 15) is 9.59 Å². The molecule has 1 rings (SSSR count). The molecule has 0 aromatic carbocycles. The van der Waals surface area contributed by atoms with Crippen LogP contribution in [-0.4, -0.2) is 49.4 Å². The van der Waals surface area contributed by atoms with Crippen molar-refractivity contribution in [3.63, 3.8) is 0 Å². The van der Waals surface area contributed by atoms with Gasteiger partial charge in [0, 0.05) is 26.2 Å². The van der Waals surface area contributed by atoms with Crippen LogP contribution in [0.3, 0.4) is 0 Å². The average molecular weight is 255 g/mol. The zero-order chi connectivity index (χ0) is 13.6. The minimum absolute atomic E-state index is 0.169. The molecule has 1 aliphatic rings. The summed E-state index contributed by atoms with van der Waals surface area (Å²) in [4.78, 5) is 25.2. The summed E-state index contributed by atoms with van der Waals surface area (Å²) >= 11 is 0. The highest BCUT2D eigenvalue weighted by atomic mass is 16.2. The summed E-state index contributed by atoms with van der Waals surface area (Å²) in [6.45, 7) is 9.85. The van der Waals surface area contributed by atoms with Crippen molar-refractivity contribution >= 4 is 11.8 Å². The predicted octanol–water partition coefficient (Wildman–Crippen LogP) is 0.361. The van der Waals surface area contributed by atoms with Gasteiger partial charge in [-0.15, -0.1) is 0 Å². The summed E-state index contributed by atoms with van der Waals surface area (Å²) in [7, 11) is 0. The fraction of sp³-hybridized carbons (Fsp3) is 0.846. The molecule has 104 valence electrons. The van der Waals surface area contributed by atoms with E-state index < -0.39 is 11.8 Å². The maximum absolute atomic E-state index is 11.9. The molecular weight excluding hydrogens is 230 g/mol. The zero-order valence-electron chi connectivity index (χ0n) is 11.7. The van der Waals surface area contributed by atoms with Gasteiger partial charge in [0.2, 0.25) is 0 Å². The van der Waals surface area contributed by atoms with Crippen LogP contribution in [0.25, 0.3) is 0 Å². The molecular formula is C13H25N3O2. The molecule has 0 aliphatic carbocycles. The van der Waals surface area contributed by atoms with Gasteiger partial charge < -0.3 is 15.5 Å². The summed E-state index contributed by atoms with van der Waals surface area (Å²) in [6.07, 6.45) is 1.77. The fourth-order valence-electron chi connectivity index (χ4n) is 1.82. The lowest BCUT2D eigenvalue weighted by Gasteiger charge is -2.21. The molecule has 1 fully saturated rings. The molecule has 5 nitrogen and oxygen atoms in total. The van der Waals surface area contributed by atoms with Gasteiger partial charge in [-0.1, -0.05) is 20.8 Å². The molecule has 1 saturated heterocycles. The molecule has 1 aliphatic heterocycles. The van der Waals surface area contributed by atoms with Crippen LogP contribution in [0.1, 0.15) is 33.6 Å². The Hall–Kier alpha value is -1.10. The first-order valence-electron chi connectivity index (χ1n) is 6.68. The van der Waals surface area contributed by atoms with E-state index in [1.54, 1.807) is 4.90 Å². The van der Waals surface area contributed by atoms with Gasteiger partial charge in [-0.2, -0.15) is 0 Å². The van der Waals surface area contributed by atoms with Gasteiger partial charge >= 0.3 is 11.8 Å². The normalized spacial score (nSPS) is 17.2. The van der Waals surface area contributed by atoms with Gasteiger partial charge in [-0.25, -0.2) is 0 Å². The molecule has 5 heteroatoms. The van der Waals surface area contributed by atoms with Crippen molar-refractivity contribution in [1.29, 1.82) is 0 Å². The van der Waals surface area contributed by atoms with Crippen molar-refractivity contribution in [3.8, 4) is 0 Å². The Morgan fingerprint density at radius 1 is 1.22 bits per heavy atom. The summed E-state index contributed by atoms with van der Waals surface area (Å²) < 4.78 is 0. The largest absolute Gasteiger partial charge is 0.348 e. The first kappa shape index (κ1) is 15.0. The van der Waals surface area contributed by atoms with Gasteiger partial charge in [0.15, 0.2) is 0 Å². The second-order valence-electron chi connectivity index (χ2n) is 5.96. The SMILES string of the molecule is CC(C)(C)CCNC(=O)C(=O)N1CCCNCC1. The predicted molar refractivity (Wildman–Crippen MR) is 71.1 cm³/mol. The van der Waals surface area contributed by atoms with E-state index in [0.29, 0.717) is 19.6 Å². The maximum Gasteiger partial charge on any atom is 0.311 e. The monoisotopic (exact) mass is 255 g/mol. The topological polar surface area (TPSA) is 61.4 Å². The second-order valence-corrected chi connectivity index (χ2v) is 5.96. The van der Waals surface area contributed by atoms with Gasteiger partial charge in [0.1, 0.15) is 0 Å². The quantitative estimate of drug-likeness (QED) is 0.700. The number of hydrogen-bond donors (Lipinski definition) is 2. The van der Waals surface area contributed by atoms with E-state index in [4.69, 9.17) is 0 Å². The van der Waals surface area contributed by atoms with Crippen molar-refractivity contribution in [1.82, 2.24) is 15.5 Å². The highest BCUT2D eigenvalue weighted by Crippen LogP contribution is 2.16. The highest BCUT2D eigenvalue weighted by Gasteiger charge is 2.22. The second kappa shape index (κ2) is 6.73. The maximum atomic E-state index is 11.9. The third-order valence-electron chi connectivity index (χ3n) is 2.98. The van der Waals surface area contributed by atoms with E-state index >= 15 is 0 Å². The van der Waals surface area contributed by atoms with Crippen LogP contribution in [0, 0.1) is 5.41 Å². The molecule has 0 aromatic rings. The molecule has 18 heavy (non-hydrogen) atoms. The Labute approximate surface area is 109 Å². The Morgan fingerprint density at radius 3 is 2.61 bits per heavy atom. The van der Waals surface area contributed by atoms with Crippen molar-refractivity contribution in [2.75, 3.05) is 32.7 Å². The Balaban J connectivity index is 2.33. The summed E-state index contributed by atoms with van der Waals surface area (Å²) in [5.74, 6) is -0.867. The van der Waals surface area contributed by atoms with Crippen molar-refractivity contribution in [2.24, 2.45) is 5.41 Å². The van der Waals surface area contributed by atoms with Crippen LogP contribution >= 0.6 is 0 Å². The summed E-state index contributed by atoms with van der Waals surface area (Å²) in [5, 5.41) is 5.91. The molecule has 0 atom stereocenters. The fourth-order valence-corrected chi connectivity index (χ4v) is 1.82. The lowest BCUT2D eigenvalue weighted by atomic mass is 9.92. The molecule has 0 unspecified atom stereocenters. The average Bonchev–Trinajstić information content (AvgIpc) is 2.54. The molecule has 2 N–H and O–H groups in total. The first-order chi connectivity index (χ1) is 8.40. The summed E-state index contributed by atoms with van der Waals surface area (Å²) in [6, 6.07) is 0. The third-order valence-corrected chi connectivity index (χ3v) is 2.98. The lowest BCUT2D eigenvalue weighted by Crippen LogP contribution is -2.44. The zero-order valence-corrected chi connectivity index (χ0v) is 11.7. The van der Waals surface area contributed by atoms with Gasteiger partial charge in [0.25, 0.3) is 0 Å². The molecule has 0 aromatic heterocycles. The van der Waals surface area contributed by atoms with E-state index in [-0.39, 0.29) is 5.41 Å². The van der Waals surface area contributed by atoms with Gasteiger partial charge in [0.05, 0.1) is 0 Å². The van der Waals surface area contributed by atoms with Crippen LogP contribution in [0.15, 0.2) is 0 Å². The van der Waals surface area contributed by atoms with Crippen molar-refractivity contribution < 1.29 is 9.59 Å². The molecule has 0 radical (unpaired) electrons. The molecule has 0 spiro atoms. The van der Waals surface area contributed by atoms with Crippen LogP contribution in [-0.2, 0) is 9.59 Å². The lowest BCUT2D eigenvalue weighted by molar-refractivity contribution is -0.145. The molecule has 0 bridgehead atoms. The van der Waals surface area contributed by atoms with E-state index in [0.717, 1.165) is 25.9 Å². The van der Waals surface area contributed by atoms with E-state index in [1.165, 1.54) is 0 Å². The minimum atomic E-state index is -0.471. The first-order valence-corrected chi connectivity index (χ1v) is 6.68. The number of nitrogens with one attached hydrogen (secondary N) is 2. The number of rotatable bonds is 2. The van der Waals surface area contributed by atoms with Gasteiger partial charge in [-0.3, -0.25) is 9.59 Å². The number of hydrogen-bond acceptors (Lipinski definition) is 3. The standard InChI is InChI=1S/C13H25N3O2/c1-13(2,3)5-7-15-11(17)12(18)16-9-4-6-14-8-10-16/h14H,4-10H2,1-3H3,(H,15,17). The van der Waals surface area contributed by atoms with Crippen LogP contribution in [0.2, 0.25) is 0 Å². The number of amides is 2. The van der Waals surface area contributed by atoms with Crippen molar-refractivity contribution in [2.45, 2.75) is 33.6 Å². The number of carbonyl (C=O) groups is 2. The van der Waals surface area contributed by atoms with Gasteiger partial charge in [-0.05, 0) is 24.8 Å². The highest BCUT2D eigenvalue weighted by molar-refractivity contribution is 6.35. The number of carbonyl (C=O) groups excluding carboxylic acids is 2. The summed E-state index contributed by atoms with van der Waals surface area (Å²) in [5.41, 5.74) is 0.169. The van der Waals surface area contributed by atoms with Crippen LogP contribution < -0.4 is 10.6 Å². The Bertz CT molecular complexity index is 289. The van der Waals surface area contributed by atoms with Crippen LogP contribution in [0.4, 0.5) is 0 Å². The van der Waals surface area contributed by atoms with E-state index in [2.05, 4.69) is 31.4 Å². The number of nitrogens with zero attached hydrogens (tertiary/aromatic N) is 1. The Morgan fingerprint density at radius 2 is 1.94 bits per heavy atom. The smallest absolute Gasteiger partial charge is 0.311 e. The third kappa shape index (κ3) is 5.49. The molecule has 0 saturated carbocycles. The van der Waals surface area contributed by atoms with Crippen molar-refractivity contribution in [3.05, 3.63) is 0 Å². The van der Waals surface area contributed by atoms with E-state index in [1.807, 2.05) is 0 Å². The molecule has 1 heterocycles. The van der Waals surface area contributed by atoms with Crippen LogP contribution in [0.5, 0.6) is 0 Å². The minimum Gasteiger partial charge on any atom is -0.348 e. The molecule has 2 amide bonds.